The Morgan fingerprint density at radius 2 is 1.96 bits per heavy atom. The van der Waals surface area contributed by atoms with E-state index in [1.165, 1.54) is 0 Å². The van der Waals surface area contributed by atoms with Gasteiger partial charge >= 0.3 is 0 Å². The van der Waals surface area contributed by atoms with Gasteiger partial charge in [-0.25, -0.2) is 13.1 Å². The van der Waals surface area contributed by atoms with Crippen LogP contribution in [0.2, 0.25) is 0 Å². The summed E-state index contributed by atoms with van der Waals surface area (Å²) in [6.45, 7) is 6.28. The van der Waals surface area contributed by atoms with Crippen molar-refractivity contribution in [3.8, 4) is 0 Å². The van der Waals surface area contributed by atoms with E-state index in [-0.39, 0.29) is 10.8 Å². The van der Waals surface area contributed by atoms with Crippen LogP contribution in [-0.4, -0.2) is 41.6 Å². The highest BCUT2D eigenvalue weighted by Crippen LogP contribution is 2.43. The molecular weight excluding hydrogens is 316 g/mol. The summed E-state index contributed by atoms with van der Waals surface area (Å²) in [4.78, 5) is 14.2. The van der Waals surface area contributed by atoms with Gasteiger partial charge in [-0.15, -0.1) is 0 Å². The number of aryl methyl sites for hydroxylation is 1. The van der Waals surface area contributed by atoms with Gasteiger partial charge in [-0.2, -0.15) is 0 Å². The maximum atomic E-state index is 12.5. The molecule has 1 N–H and O–H groups in total. The Labute approximate surface area is 137 Å². The number of fused-ring (bicyclic) bond motifs is 1. The first-order valence-corrected chi connectivity index (χ1v) is 9.03. The fourth-order valence-electron chi connectivity index (χ4n) is 2.97. The molecule has 0 atom stereocenters. The molecule has 1 amide bonds. The van der Waals surface area contributed by atoms with Gasteiger partial charge in [0.15, 0.2) is 0 Å². The van der Waals surface area contributed by atoms with Crippen LogP contribution in [0.4, 0.5) is 5.69 Å². The van der Waals surface area contributed by atoms with Gasteiger partial charge in [-0.05, 0) is 50.5 Å². The van der Waals surface area contributed by atoms with Crippen molar-refractivity contribution in [1.29, 1.82) is 0 Å². The molecule has 0 saturated heterocycles. The predicted octanol–water partition coefficient (Wildman–Crippen LogP) is 1.56. The monoisotopic (exact) mass is 340 g/mol. The van der Waals surface area contributed by atoms with Crippen molar-refractivity contribution >= 4 is 21.6 Å². The van der Waals surface area contributed by atoms with Crippen LogP contribution in [0.15, 0.2) is 17.0 Å². The second kappa shape index (κ2) is 6.22. The van der Waals surface area contributed by atoms with Crippen molar-refractivity contribution in [2.45, 2.75) is 37.5 Å². The van der Waals surface area contributed by atoms with Crippen LogP contribution in [0, 0.1) is 6.92 Å². The van der Waals surface area contributed by atoms with Gasteiger partial charge in [0.2, 0.25) is 15.9 Å². The highest BCUT2D eigenvalue weighted by Gasteiger charge is 2.43. The maximum Gasteiger partial charge on any atom is 0.240 e. The highest BCUT2D eigenvalue weighted by molar-refractivity contribution is 7.89. The number of likely N-dealkylation sites (N-methyl/N-ethyl adjacent to an activating group) is 1. The molecule has 1 aliphatic heterocycles. The third-order valence-corrected chi connectivity index (χ3v) is 5.69. The minimum atomic E-state index is -3.61. The zero-order chi connectivity index (χ0) is 17.4. The zero-order valence-corrected chi connectivity index (χ0v) is 15.1. The van der Waals surface area contributed by atoms with Gasteiger partial charge in [0.1, 0.15) is 0 Å². The Bertz CT molecular complexity index is 726. The van der Waals surface area contributed by atoms with Crippen LogP contribution in [0.3, 0.4) is 0 Å². The van der Waals surface area contributed by atoms with Crippen LogP contribution >= 0.6 is 0 Å². The average molecular weight is 340 g/mol. The van der Waals surface area contributed by atoms with Gasteiger partial charge in [0.25, 0.3) is 0 Å². The summed E-state index contributed by atoms with van der Waals surface area (Å²) in [6, 6.07) is 3.23. The SMILES string of the molecule is COCCCNS(=O)(=O)c1cc(C)c2c(c1)C(C)(C)C(=O)N2C. The molecule has 1 heterocycles. The summed E-state index contributed by atoms with van der Waals surface area (Å²) >= 11 is 0. The van der Waals surface area contributed by atoms with E-state index >= 15 is 0 Å². The zero-order valence-electron chi connectivity index (χ0n) is 14.3. The van der Waals surface area contributed by atoms with Crippen molar-refractivity contribution in [3.05, 3.63) is 23.3 Å². The predicted molar refractivity (Wildman–Crippen MR) is 89.3 cm³/mol. The number of amides is 1. The Hall–Kier alpha value is -1.44. The molecule has 23 heavy (non-hydrogen) atoms. The topological polar surface area (TPSA) is 75.7 Å². The summed E-state index contributed by atoms with van der Waals surface area (Å²) in [5, 5.41) is 0. The normalized spacial score (nSPS) is 16.7. The third kappa shape index (κ3) is 3.13. The summed E-state index contributed by atoms with van der Waals surface area (Å²) in [5.41, 5.74) is 1.61. The second-order valence-corrected chi connectivity index (χ2v) is 8.14. The number of hydrogen-bond acceptors (Lipinski definition) is 4. The molecule has 7 heteroatoms. The van der Waals surface area contributed by atoms with Gasteiger partial charge in [-0.3, -0.25) is 4.79 Å². The van der Waals surface area contributed by atoms with Crippen LogP contribution in [-0.2, 0) is 25.0 Å². The first kappa shape index (κ1) is 17.9. The van der Waals surface area contributed by atoms with Crippen molar-refractivity contribution in [2.24, 2.45) is 0 Å². The lowest BCUT2D eigenvalue weighted by Gasteiger charge is -2.17. The van der Waals surface area contributed by atoms with E-state index in [2.05, 4.69) is 4.72 Å². The molecule has 0 radical (unpaired) electrons. The number of nitrogens with zero attached hydrogens (tertiary/aromatic N) is 1. The highest BCUT2D eigenvalue weighted by atomic mass is 32.2. The summed E-state index contributed by atoms with van der Waals surface area (Å²) in [5.74, 6) is -0.0294. The number of carbonyl (C=O) groups excluding carboxylic acids is 1. The fraction of sp³-hybridized carbons (Fsp3) is 0.562. The Kier molecular flexibility index (Phi) is 4.84. The molecule has 1 aromatic carbocycles. The average Bonchev–Trinajstić information content (AvgIpc) is 2.65. The summed E-state index contributed by atoms with van der Waals surface area (Å²) in [7, 11) is -0.306. The quantitative estimate of drug-likeness (QED) is 0.798. The minimum Gasteiger partial charge on any atom is -0.385 e. The number of sulfonamides is 1. The molecule has 1 aromatic rings. The second-order valence-electron chi connectivity index (χ2n) is 6.37. The number of benzene rings is 1. The van der Waals surface area contributed by atoms with E-state index in [0.29, 0.717) is 19.6 Å². The van der Waals surface area contributed by atoms with E-state index in [0.717, 1.165) is 16.8 Å². The van der Waals surface area contributed by atoms with Crippen molar-refractivity contribution in [3.63, 3.8) is 0 Å². The Balaban J connectivity index is 2.39. The van der Waals surface area contributed by atoms with E-state index in [1.807, 2.05) is 20.8 Å². The van der Waals surface area contributed by atoms with Crippen molar-refractivity contribution in [1.82, 2.24) is 4.72 Å². The molecule has 0 spiro atoms. The lowest BCUT2D eigenvalue weighted by molar-refractivity contribution is -0.121. The van der Waals surface area contributed by atoms with Crippen LogP contribution < -0.4 is 9.62 Å². The number of ether oxygens (including phenoxy) is 1. The van der Waals surface area contributed by atoms with E-state index in [1.54, 1.807) is 31.2 Å². The number of rotatable bonds is 6. The van der Waals surface area contributed by atoms with Gasteiger partial charge < -0.3 is 9.64 Å². The van der Waals surface area contributed by atoms with Crippen LogP contribution in [0.5, 0.6) is 0 Å². The molecule has 128 valence electrons. The van der Waals surface area contributed by atoms with Crippen LogP contribution in [0.25, 0.3) is 0 Å². The fourth-order valence-corrected chi connectivity index (χ4v) is 4.15. The van der Waals surface area contributed by atoms with E-state index < -0.39 is 15.4 Å². The van der Waals surface area contributed by atoms with Gasteiger partial charge in [0, 0.05) is 27.3 Å². The lowest BCUT2D eigenvalue weighted by Crippen LogP contribution is -2.33. The van der Waals surface area contributed by atoms with Crippen molar-refractivity contribution < 1.29 is 17.9 Å². The van der Waals surface area contributed by atoms with E-state index in [4.69, 9.17) is 4.74 Å². The molecule has 0 bridgehead atoms. The number of anilines is 1. The number of nitrogens with one attached hydrogen (secondary N) is 1. The first-order chi connectivity index (χ1) is 10.6. The van der Waals surface area contributed by atoms with E-state index in [9.17, 15) is 13.2 Å². The minimum absolute atomic E-state index is 0.0294. The molecule has 0 unspecified atom stereocenters. The largest absolute Gasteiger partial charge is 0.385 e. The van der Waals surface area contributed by atoms with Gasteiger partial charge in [0.05, 0.1) is 16.0 Å². The van der Waals surface area contributed by atoms with Crippen LogP contribution in [0.1, 0.15) is 31.4 Å². The lowest BCUT2D eigenvalue weighted by atomic mass is 9.85. The molecular formula is C16H24N2O4S. The summed E-state index contributed by atoms with van der Waals surface area (Å²) < 4.78 is 32.4. The molecule has 0 fully saturated rings. The number of carbonyl (C=O) groups is 1. The Morgan fingerprint density at radius 3 is 2.57 bits per heavy atom. The molecule has 0 aliphatic carbocycles. The number of methoxy groups -OCH3 is 1. The third-order valence-electron chi connectivity index (χ3n) is 4.25. The molecule has 6 nitrogen and oxygen atoms in total. The first-order valence-electron chi connectivity index (χ1n) is 7.55. The summed E-state index contributed by atoms with van der Waals surface area (Å²) in [6.07, 6.45) is 0.604. The molecule has 2 rings (SSSR count). The smallest absolute Gasteiger partial charge is 0.240 e. The standard InChI is InChI=1S/C16H24N2O4S/c1-11-9-12(23(20,21)17-7-6-8-22-5)10-13-14(11)18(4)15(19)16(13,2)3/h9-10,17H,6-8H2,1-5H3. The van der Waals surface area contributed by atoms with Crippen molar-refractivity contribution in [2.75, 3.05) is 32.2 Å². The molecule has 0 saturated carbocycles. The molecule has 1 aliphatic rings. The molecule has 0 aromatic heterocycles. The van der Waals surface area contributed by atoms with Gasteiger partial charge in [-0.1, -0.05) is 0 Å². The maximum absolute atomic E-state index is 12.5. The number of hydrogen-bond donors (Lipinski definition) is 1. The Morgan fingerprint density at radius 1 is 1.30 bits per heavy atom.